The fraction of sp³-hybridized carbons (Fsp3) is 0.917. The number of ether oxygens (including phenoxy) is 1. The maximum atomic E-state index is 12.2. The summed E-state index contributed by atoms with van der Waals surface area (Å²) in [7, 11) is 1.91. The third-order valence-corrected chi connectivity index (χ3v) is 4.78. The van der Waals surface area contributed by atoms with Gasteiger partial charge in [-0.05, 0) is 13.3 Å². The maximum absolute atomic E-state index is 12.2. The highest BCUT2D eigenvalue weighted by Crippen LogP contribution is 2.20. The summed E-state index contributed by atoms with van der Waals surface area (Å²) in [6.07, 6.45) is 1.76. The zero-order chi connectivity index (χ0) is 12.3. The van der Waals surface area contributed by atoms with Crippen molar-refractivity contribution in [3.8, 4) is 0 Å². The summed E-state index contributed by atoms with van der Waals surface area (Å²) in [6, 6.07) is 0.611. The smallest absolute Gasteiger partial charge is 0.224 e. The Kier molecular flexibility index (Phi) is 4.70. The van der Waals surface area contributed by atoms with Gasteiger partial charge >= 0.3 is 0 Å². The van der Waals surface area contributed by atoms with Crippen LogP contribution in [0.5, 0.6) is 0 Å². The predicted molar refractivity (Wildman–Crippen MR) is 70.3 cm³/mol. The van der Waals surface area contributed by atoms with Gasteiger partial charge in [-0.1, -0.05) is 0 Å². The number of thioether (sulfide) groups is 1. The molecule has 3 atom stereocenters. The van der Waals surface area contributed by atoms with Gasteiger partial charge in [-0.15, -0.1) is 0 Å². The molecule has 2 aliphatic heterocycles. The molecule has 2 rings (SSSR count). The van der Waals surface area contributed by atoms with Gasteiger partial charge in [0.15, 0.2) is 0 Å². The number of nitrogens with one attached hydrogen (secondary N) is 1. The van der Waals surface area contributed by atoms with Crippen LogP contribution < -0.4 is 5.32 Å². The molecule has 17 heavy (non-hydrogen) atoms. The maximum Gasteiger partial charge on any atom is 0.224 e. The summed E-state index contributed by atoms with van der Waals surface area (Å²) in [5.74, 6) is 2.46. The van der Waals surface area contributed by atoms with Crippen molar-refractivity contribution in [1.82, 2.24) is 10.2 Å². The zero-order valence-electron chi connectivity index (χ0n) is 10.6. The number of amides is 1. The number of carbonyl (C=O) groups is 1. The lowest BCUT2D eigenvalue weighted by atomic mass is 10.1. The van der Waals surface area contributed by atoms with Gasteiger partial charge in [0, 0.05) is 44.2 Å². The van der Waals surface area contributed by atoms with Gasteiger partial charge in [-0.2, -0.15) is 11.8 Å². The van der Waals surface area contributed by atoms with Crippen molar-refractivity contribution in [2.75, 3.05) is 31.7 Å². The first-order valence-electron chi connectivity index (χ1n) is 6.37. The molecule has 0 saturated carbocycles. The molecule has 2 heterocycles. The third-order valence-electron chi connectivity index (χ3n) is 3.65. The average molecular weight is 258 g/mol. The van der Waals surface area contributed by atoms with Gasteiger partial charge in [0.1, 0.15) is 0 Å². The molecule has 2 aliphatic rings. The quantitative estimate of drug-likeness (QED) is 0.810. The van der Waals surface area contributed by atoms with E-state index in [1.807, 2.05) is 23.7 Å². The molecular formula is C12H22N2O2S. The molecule has 3 unspecified atom stereocenters. The van der Waals surface area contributed by atoms with E-state index < -0.39 is 0 Å². The Bertz CT molecular complexity index is 269. The molecule has 1 N–H and O–H groups in total. The summed E-state index contributed by atoms with van der Waals surface area (Å²) in [5.41, 5.74) is 0. The summed E-state index contributed by atoms with van der Waals surface area (Å²) in [5, 5.41) is 3.41. The van der Waals surface area contributed by atoms with Crippen LogP contribution in [-0.2, 0) is 9.53 Å². The number of carbonyl (C=O) groups excluding carboxylic acids is 1. The van der Waals surface area contributed by atoms with Gasteiger partial charge in [0.2, 0.25) is 5.91 Å². The highest BCUT2D eigenvalue weighted by atomic mass is 32.2. The monoisotopic (exact) mass is 258 g/mol. The van der Waals surface area contributed by atoms with E-state index >= 15 is 0 Å². The van der Waals surface area contributed by atoms with E-state index in [2.05, 4.69) is 12.2 Å². The molecule has 98 valence electrons. The van der Waals surface area contributed by atoms with Crippen LogP contribution in [0.25, 0.3) is 0 Å². The number of hydrogen-bond acceptors (Lipinski definition) is 4. The normalized spacial score (nSPS) is 33.6. The first-order valence-corrected chi connectivity index (χ1v) is 7.52. The Morgan fingerprint density at radius 3 is 3.00 bits per heavy atom. The van der Waals surface area contributed by atoms with Crippen LogP contribution in [0.15, 0.2) is 0 Å². The number of nitrogens with zero attached hydrogens (tertiary/aromatic N) is 1. The minimum absolute atomic E-state index is 0.178. The van der Waals surface area contributed by atoms with Crippen molar-refractivity contribution < 1.29 is 9.53 Å². The van der Waals surface area contributed by atoms with E-state index in [4.69, 9.17) is 4.74 Å². The molecule has 1 amide bonds. The van der Waals surface area contributed by atoms with Gasteiger partial charge < -0.3 is 15.0 Å². The van der Waals surface area contributed by atoms with Crippen molar-refractivity contribution in [3.05, 3.63) is 0 Å². The van der Waals surface area contributed by atoms with Crippen LogP contribution in [-0.4, -0.2) is 60.7 Å². The molecule has 0 aromatic rings. The molecule has 0 radical (unpaired) electrons. The second-order valence-corrected chi connectivity index (χ2v) is 6.02. The molecule has 2 saturated heterocycles. The van der Waals surface area contributed by atoms with Gasteiger partial charge in [0.25, 0.3) is 0 Å². The van der Waals surface area contributed by atoms with Crippen LogP contribution in [0.3, 0.4) is 0 Å². The lowest BCUT2D eigenvalue weighted by Crippen LogP contribution is -2.46. The molecule has 0 spiro atoms. The first-order chi connectivity index (χ1) is 8.18. The number of likely N-dealkylation sites (N-methyl/N-ethyl adjacent to an activating group) is 1. The summed E-state index contributed by atoms with van der Waals surface area (Å²) in [4.78, 5) is 14.1. The van der Waals surface area contributed by atoms with Crippen LogP contribution >= 0.6 is 11.8 Å². The Labute approximate surface area is 107 Å². The Hall–Kier alpha value is -0.260. The van der Waals surface area contributed by atoms with Crippen molar-refractivity contribution in [2.45, 2.75) is 38.0 Å². The van der Waals surface area contributed by atoms with E-state index in [0.717, 1.165) is 31.1 Å². The van der Waals surface area contributed by atoms with Gasteiger partial charge in [-0.25, -0.2) is 0 Å². The van der Waals surface area contributed by atoms with E-state index in [0.29, 0.717) is 12.5 Å². The highest BCUT2D eigenvalue weighted by Gasteiger charge is 2.31. The van der Waals surface area contributed by atoms with E-state index in [-0.39, 0.29) is 18.1 Å². The summed E-state index contributed by atoms with van der Waals surface area (Å²) >= 11 is 1.93. The van der Waals surface area contributed by atoms with Crippen LogP contribution in [0.4, 0.5) is 0 Å². The van der Waals surface area contributed by atoms with Crippen LogP contribution in [0.2, 0.25) is 0 Å². The molecule has 0 bridgehead atoms. The standard InChI is InChI=1S/C12H22N2O2S/c1-9-11(3-5-16-9)14(2)12(15)7-10-8-17-6-4-13-10/h9-11,13H,3-8H2,1-2H3. The number of hydrogen-bond donors (Lipinski definition) is 1. The fourth-order valence-corrected chi connectivity index (χ4v) is 3.47. The van der Waals surface area contributed by atoms with Gasteiger partial charge in [-0.3, -0.25) is 4.79 Å². The van der Waals surface area contributed by atoms with Crippen molar-refractivity contribution in [3.63, 3.8) is 0 Å². The zero-order valence-corrected chi connectivity index (χ0v) is 11.5. The minimum atomic E-state index is 0.178. The molecule has 0 aromatic carbocycles. The van der Waals surface area contributed by atoms with Crippen molar-refractivity contribution in [2.24, 2.45) is 0 Å². The third kappa shape index (κ3) is 3.36. The Balaban J connectivity index is 1.81. The highest BCUT2D eigenvalue weighted by molar-refractivity contribution is 7.99. The largest absolute Gasteiger partial charge is 0.376 e. The lowest BCUT2D eigenvalue weighted by molar-refractivity contribution is -0.133. The van der Waals surface area contributed by atoms with Crippen molar-refractivity contribution in [1.29, 1.82) is 0 Å². The molecule has 4 nitrogen and oxygen atoms in total. The summed E-state index contributed by atoms with van der Waals surface area (Å²) < 4.78 is 5.51. The molecule has 5 heteroatoms. The fourth-order valence-electron chi connectivity index (χ4n) is 2.52. The second-order valence-electron chi connectivity index (χ2n) is 4.87. The molecule has 0 aromatic heterocycles. The Morgan fingerprint density at radius 1 is 1.59 bits per heavy atom. The Morgan fingerprint density at radius 2 is 2.41 bits per heavy atom. The summed E-state index contributed by atoms with van der Waals surface area (Å²) in [6.45, 7) is 3.85. The minimum Gasteiger partial charge on any atom is -0.376 e. The predicted octanol–water partition coefficient (Wildman–Crippen LogP) is 0.717. The van der Waals surface area contributed by atoms with Crippen LogP contribution in [0, 0.1) is 0 Å². The molecular weight excluding hydrogens is 236 g/mol. The van der Waals surface area contributed by atoms with E-state index in [1.165, 1.54) is 0 Å². The first kappa shape index (κ1) is 13.2. The van der Waals surface area contributed by atoms with E-state index in [9.17, 15) is 4.79 Å². The molecule has 2 fully saturated rings. The topological polar surface area (TPSA) is 41.6 Å². The van der Waals surface area contributed by atoms with Gasteiger partial charge in [0.05, 0.1) is 12.1 Å². The second kappa shape index (κ2) is 6.07. The van der Waals surface area contributed by atoms with Crippen molar-refractivity contribution >= 4 is 17.7 Å². The SMILES string of the molecule is CC1OCCC1N(C)C(=O)CC1CSCCN1. The number of rotatable bonds is 3. The molecule has 0 aliphatic carbocycles. The van der Waals surface area contributed by atoms with E-state index in [1.54, 1.807) is 0 Å². The lowest BCUT2D eigenvalue weighted by Gasteiger charge is -2.29. The average Bonchev–Trinajstić information content (AvgIpc) is 2.76. The van der Waals surface area contributed by atoms with Crippen LogP contribution in [0.1, 0.15) is 19.8 Å².